The Bertz CT molecular complexity index is 1000. The van der Waals surface area contributed by atoms with Crippen molar-refractivity contribution in [2.45, 2.75) is 38.9 Å². The van der Waals surface area contributed by atoms with Crippen molar-refractivity contribution in [2.24, 2.45) is 0 Å². The van der Waals surface area contributed by atoms with Gasteiger partial charge in [0, 0.05) is 18.3 Å². The molecule has 6 nitrogen and oxygen atoms in total. The van der Waals surface area contributed by atoms with Crippen molar-refractivity contribution in [1.82, 2.24) is 14.6 Å². The highest BCUT2D eigenvalue weighted by molar-refractivity contribution is 7.20. The van der Waals surface area contributed by atoms with Crippen molar-refractivity contribution < 1.29 is 9.13 Å². The van der Waals surface area contributed by atoms with Crippen molar-refractivity contribution in [1.29, 1.82) is 0 Å². The third-order valence-electron chi connectivity index (χ3n) is 4.57. The van der Waals surface area contributed by atoms with Crippen LogP contribution >= 0.6 is 11.3 Å². The van der Waals surface area contributed by atoms with E-state index in [1.165, 1.54) is 28.0 Å². The molecule has 0 radical (unpaired) electrons. The summed E-state index contributed by atoms with van der Waals surface area (Å²) in [5.41, 5.74) is 1.58. The second-order valence-corrected chi connectivity index (χ2v) is 7.74. The minimum atomic E-state index is -0.265. The molecule has 4 rings (SSSR count). The maximum absolute atomic E-state index is 13.2. The van der Waals surface area contributed by atoms with Gasteiger partial charge in [0.2, 0.25) is 10.1 Å². The second-order valence-electron chi connectivity index (χ2n) is 6.81. The summed E-state index contributed by atoms with van der Waals surface area (Å²) in [7, 11) is 0. The molecule has 1 fully saturated rings. The van der Waals surface area contributed by atoms with Crippen molar-refractivity contribution in [2.75, 3.05) is 18.0 Å². The van der Waals surface area contributed by atoms with Crippen molar-refractivity contribution >= 4 is 21.4 Å². The summed E-state index contributed by atoms with van der Waals surface area (Å²) in [6.07, 6.45) is 1.53. The molecule has 0 bridgehead atoms. The van der Waals surface area contributed by atoms with E-state index >= 15 is 0 Å². The van der Waals surface area contributed by atoms with Crippen LogP contribution in [0.25, 0.3) is 4.96 Å². The first-order valence-corrected chi connectivity index (χ1v) is 9.91. The Morgan fingerprint density at radius 3 is 2.81 bits per heavy atom. The topological polar surface area (TPSA) is 59.7 Å². The van der Waals surface area contributed by atoms with E-state index in [9.17, 15) is 9.18 Å². The van der Waals surface area contributed by atoms with E-state index in [1.54, 1.807) is 18.2 Å². The van der Waals surface area contributed by atoms with E-state index in [-0.39, 0.29) is 23.6 Å². The van der Waals surface area contributed by atoms with Gasteiger partial charge in [-0.15, -0.1) is 5.10 Å². The highest BCUT2D eigenvalue weighted by Gasteiger charge is 2.29. The smallest absolute Gasteiger partial charge is 0.275 e. The van der Waals surface area contributed by atoms with E-state index in [0.29, 0.717) is 18.1 Å². The van der Waals surface area contributed by atoms with Gasteiger partial charge in [-0.25, -0.2) is 9.37 Å². The maximum atomic E-state index is 13.2. The Morgan fingerprint density at radius 2 is 2.07 bits per heavy atom. The third-order valence-corrected chi connectivity index (χ3v) is 5.54. The summed E-state index contributed by atoms with van der Waals surface area (Å²) in [6, 6.07) is 7.94. The number of hydrogen-bond acceptors (Lipinski definition) is 6. The molecule has 2 unspecified atom stereocenters. The minimum absolute atomic E-state index is 0.0128. The lowest BCUT2D eigenvalue weighted by molar-refractivity contribution is -0.0174. The van der Waals surface area contributed by atoms with Crippen LogP contribution in [0.2, 0.25) is 0 Å². The number of rotatable bonds is 4. The standard InChI is InChI=1S/C19H21FN4O2S/c1-3-4-15-9-17(25)24-18(21-15)27-19(22-24)23-10-12(2)26-16(11-23)13-5-7-14(20)8-6-13/h5-9,12,16H,3-4,10-11H2,1-2H3. The van der Waals surface area contributed by atoms with Crippen LogP contribution in [0.15, 0.2) is 35.1 Å². The summed E-state index contributed by atoms with van der Waals surface area (Å²) in [4.78, 5) is 19.6. The number of fused-ring (bicyclic) bond motifs is 1. The molecule has 3 heterocycles. The molecule has 8 heteroatoms. The number of hydrogen-bond donors (Lipinski definition) is 0. The predicted octanol–water partition coefficient (Wildman–Crippen LogP) is 3.21. The van der Waals surface area contributed by atoms with Gasteiger partial charge in [-0.05, 0) is 31.0 Å². The van der Waals surface area contributed by atoms with Crippen molar-refractivity contribution in [3.8, 4) is 0 Å². The zero-order valence-corrected chi connectivity index (χ0v) is 16.1. The van der Waals surface area contributed by atoms with Gasteiger partial charge in [-0.2, -0.15) is 4.52 Å². The fourth-order valence-corrected chi connectivity index (χ4v) is 4.27. The van der Waals surface area contributed by atoms with Crippen LogP contribution in [0.1, 0.15) is 37.6 Å². The molecule has 27 heavy (non-hydrogen) atoms. The molecule has 0 aliphatic carbocycles. The number of ether oxygens (including phenoxy) is 1. The average molecular weight is 388 g/mol. The molecule has 1 aromatic carbocycles. The first kappa shape index (κ1) is 18.1. The number of benzene rings is 1. The van der Waals surface area contributed by atoms with Crippen LogP contribution in [0.4, 0.5) is 9.52 Å². The minimum Gasteiger partial charge on any atom is -0.367 e. The summed E-state index contributed by atoms with van der Waals surface area (Å²) in [5.74, 6) is -0.265. The number of anilines is 1. The Morgan fingerprint density at radius 1 is 1.30 bits per heavy atom. The van der Waals surface area contributed by atoms with Crippen molar-refractivity contribution in [3.63, 3.8) is 0 Å². The zero-order chi connectivity index (χ0) is 19.0. The van der Waals surface area contributed by atoms with E-state index < -0.39 is 0 Å². The van der Waals surface area contributed by atoms with Gasteiger partial charge in [-0.1, -0.05) is 36.8 Å². The summed E-state index contributed by atoms with van der Waals surface area (Å²) in [5, 5.41) is 5.23. The summed E-state index contributed by atoms with van der Waals surface area (Å²) < 4.78 is 20.6. The lowest BCUT2D eigenvalue weighted by Crippen LogP contribution is -2.43. The molecular formula is C19H21FN4O2S. The normalized spacial score (nSPS) is 20.3. The van der Waals surface area contributed by atoms with Crippen molar-refractivity contribution in [3.05, 3.63) is 57.8 Å². The molecular weight excluding hydrogens is 367 g/mol. The largest absolute Gasteiger partial charge is 0.367 e. The molecule has 3 aromatic rings. The highest BCUT2D eigenvalue weighted by Crippen LogP contribution is 2.30. The second kappa shape index (κ2) is 7.36. The zero-order valence-electron chi connectivity index (χ0n) is 15.3. The first-order valence-electron chi connectivity index (χ1n) is 9.09. The van der Waals surface area contributed by atoms with Crippen LogP contribution in [0.3, 0.4) is 0 Å². The third kappa shape index (κ3) is 3.72. The fourth-order valence-electron chi connectivity index (χ4n) is 3.33. The van der Waals surface area contributed by atoms with E-state index in [1.807, 2.05) is 6.92 Å². The molecule has 0 N–H and O–H groups in total. The molecule has 0 spiro atoms. The Labute approximate surface area is 160 Å². The van der Waals surface area contributed by atoms with Crippen LogP contribution in [0, 0.1) is 5.82 Å². The number of morpholine rings is 1. The molecule has 2 aromatic heterocycles. The molecule has 0 amide bonds. The summed E-state index contributed by atoms with van der Waals surface area (Å²) in [6.45, 7) is 5.33. The lowest BCUT2D eigenvalue weighted by atomic mass is 10.1. The highest BCUT2D eigenvalue weighted by atomic mass is 32.1. The Kier molecular flexibility index (Phi) is 4.92. The van der Waals surface area contributed by atoms with E-state index in [4.69, 9.17) is 4.74 Å². The molecule has 2 atom stereocenters. The fraction of sp³-hybridized carbons (Fsp3) is 0.421. The lowest BCUT2D eigenvalue weighted by Gasteiger charge is -2.36. The average Bonchev–Trinajstić information content (AvgIpc) is 3.07. The van der Waals surface area contributed by atoms with Gasteiger partial charge >= 0.3 is 0 Å². The molecule has 1 aliphatic heterocycles. The van der Waals surface area contributed by atoms with Gasteiger partial charge in [0.05, 0.1) is 12.6 Å². The monoisotopic (exact) mass is 388 g/mol. The van der Waals surface area contributed by atoms with Gasteiger partial charge < -0.3 is 9.64 Å². The quantitative estimate of drug-likeness (QED) is 0.687. The van der Waals surface area contributed by atoms with Crippen LogP contribution in [-0.2, 0) is 11.2 Å². The Hall–Kier alpha value is -2.32. The van der Waals surface area contributed by atoms with Gasteiger partial charge in [0.15, 0.2) is 0 Å². The van der Waals surface area contributed by atoms with E-state index in [2.05, 4.69) is 21.9 Å². The number of aryl methyl sites for hydroxylation is 1. The number of aromatic nitrogens is 3. The summed E-state index contributed by atoms with van der Waals surface area (Å²) >= 11 is 1.41. The van der Waals surface area contributed by atoms with Crippen LogP contribution in [0.5, 0.6) is 0 Å². The Balaban J connectivity index is 1.64. The first-order chi connectivity index (χ1) is 13.0. The van der Waals surface area contributed by atoms with E-state index in [0.717, 1.165) is 29.2 Å². The SMILES string of the molecule is CCCc1cc(=O)n2nc(N3CC(C)OC(c4ccc(F)cc4)C3)sc2n1. The number of nitrogens with zero attached hydrogens (tertiary/aromatic N) is 4. The molecule has 0 saturated carbocycles. The molecule has 1 aliphatic rings. The molecule has 1 saturated heterocycles. The van der Waals surface area contributed by atoms with Gasteiger partial charge in [-0.3, -0.25) is 4.79 Å². The predicted molar refractivity (Wildman–Crippen MR) is 103 cm³/mol. The van der Waals surface area contributed by atoms with Gasteiger partial charge in [0.25, 0.3) is 5.56 Å². The maximum Gasteiger partial charge on any atom is 0.275 e. The molecule has 142 valence electrons. The van der Waals surface area contributed by atoms with Gasteiger partial charge in [0.1, 0.15) is 11.9 Å². The van der Waals surface area contributed by atoms with Crippen LogP contribution < -0.4 is 10.5 Å². The van der Waals surface area contributed by atoms with Crippen LogP contribution in [-0.4, -0.2) is 33.8 Å². The number of halogens is 1.